The Balaban J connectivity index is 1.87. The molecule has 0 atom stereocenters. The highest BCUT2D eigenvalue weighted by molar-refractivity contribution is 5.73. The van der Waals surface area contributed by atoms with E-state index in [4.69, 9.17) is 4.42 Å². The van der Waals surface area contributed by atoms with Crippen LogP contribution >= 0.6 is 0 Å². The average molecular weight is 268 g/mol. The lowest BCUT2D eigenvalue weighted by Crippen LogP contribution is -1.90. The molecule has 2 aromatic carbocycles. The van der Waals surface area contributed by atoms with Crippen molar-refractivity contribution in [2.75, 3.05) is 0 Å². The molecule has 0 N–H and O–H groups in total. The van der Waals surface area contributed by atoms with Crippen LogP contribution in [0.4, 0.5) is 5.69 Å². The largest absolute Gasteiger partial charge is 0.440 e. The van der Waals surface area contributed by atoms with Gasteiger partial charge in [-0.15, -0.1) is 0 Å². The van der Waals surface area contributed by atoms with Gasteiger partial charge in [0.1, 0.15) is 5.52 Å². The monoisotopic (exact) mass is 268 g/mol. The lowest BCUT2D eigenvalue weighted by atomic mass is 10.1. The fourth-order valence-electron chi connectivity index (χ4n) is 2.07. The Bertz CT molecular complexity index is 775. The number of hydrogen-bond acceptors (Lipinski definition) is 4. The van der Waals surface area contributed by atoms with Crippen molar-refractivity contribution in [2.24, 2.45) is 0 Å². The van der Waals surface area contributed by atoms with Crippen LogP contribution < -0.4 is 0 Å². The summed E-state index contributed by atoms with van der Waals surface area (Å²) in [7, 11) is 0. The number of nitro benzene ring substituents is 1. The summed E-state index contributed by atoms with van der Waals surface area (Å²) in [5, 5.41) is 10.6. The Morgan fingerprint density at radius 1 is 1.20 bits per heavy atom. The van der Waals surface area contributed by atoms with E-state index in [1.807, 2.05) is 25.1 Å². The van der Waals surface area contributed by atoms with Crippen LogP contribution in [0.15, 0.2) is 46.9 Å². The summed E-state index contributed by atoms with van der Waals surface area (Å²) in [6.45, 7) is 2.00. The first-order valence-corrected chi connectivity index (χ1v) is 6.21. The maximum atomic E-state index is 10.6. The number of benzene rings is 2. The van der Waals surface area contributed by atoms with E-state index in [9.17, 15) is 10.1 Å². The fourth-order valence-corrected chi connectivity index (χ4v) is 2.07. The van der Waals surface area contributed by atoms with Crippen molar-refractivity contribution in [3.05, 3.63) is 69.6 Å². The second-order valence-electron chi connectivity index (χ2n) is 4.68. The summed E-state index contributed by atoms with van der Waals surface area (Å²) in [6.07, 6.45) is 0.520. The van der Waals surface area contributed by atoms with Gasteiger partial charge in [0.25, 0.3) is 5.69 Å². The highest BCUT2D eigenvalue weighted by atomic mass is 16.6. The molecule has 20 heavy (non-hydrogen) atoms. The first kappa shape index (κ1) is 12.3. The molecule has 0 fully saturated rings. The standard InChI is InChI=1S/C15H12N2O3/c1-10-2-7-14-13(8-10)16-15(20-14)9-11-3-5-12(6-4-11)17(18)19/h2-8H,9H2,1H3. The third kappa shape index (κ3) is 2.38. The molecule has 0 radical (unpaired) electrons. The van der Waals surface area contributed by atoms with E-state index in [1.54, 1.807) is 12.1 Å². The van der Waals surface area contributed by atoms with Crippen LogP contribution in [0.2, 0.25) is 0 Å². The van der Waals surface area contributed by atoms with Gasteiger partial charge in [0.05, 0.1) is 4.92 Å². The number of aromatic nitrogens is 1. The normalized spacial score (nSPS) is 10.8. The quantitative estimate of drug-likeness (QED) is 0.537. The topological polar surface area (TPSA) is 69.2 Å². The predicted molar refractivity (Wildman–Crippen MR) is 74.6 cm³/mol. The molecule has 100 valence electrons. The van der Waals surface area contributed by atoms with Gasteiger partial charge in [-0.3, -0.25) is 10.1 Å². The molecule has 1 aromatic heterocycles. The molecule has 0 bridgehead atoms. The van der Waals surface area contributed by atoms with Crippen molar-refractivity contribution in [1.29, 1.82) is 0 Å². The van der Waals surface area contributed by atoms with Crippen LogP contribution in [-0.2, 0) is 6.42 Å². The Morgan fingerprint density at radius 2 is 1.95 bits per heavy atom. The smallest absolute Gasteiger partial charge is 0.269 e. The van der Waals surface area contributed by atoms with Crippen LogP contribution in [0.25, 0.3) is 11.1 Å². The molecule has 0 spiro atoms. The number of hydrogen-bond donors (Lipinski definition) is 0. The van der Waals surface area contributed by atoms with Crippen LogP contribution in [-0.4, -0.2) is 9.91 Å². The SMILES string of the molecule is Cc1ccc2oc(Cc3ccc([N+](=O)[O-])cc3)nc2c1. The second-order valence-corrected chi connectivity index (χ2v) is 4.68. The Hall–Kier alpha value is -2.69. The van der Waals surface area contributed by atoms with E-state index in [2.05, 4.69) is 4.98 Å². The van der Waals surface area contributed by atoms with E-state index < -0.39 is 4.92 Å². The van der Waals surface area contributed by atoms with Crippen LogP contribution in [0.1, 0.15) is 17.0 Å². The summed E-state index contributed by atoms with van der Waals surface area (Å²) < 4.78 is 5.66. The zero-order valence-corrected chi connectivity index (χ0v) is 10.9. The third-order valence-corrected chi connectivity index (χ3v) is 3.09. The van der Waals surface area contributed by atoms with Crippen molar-refractivity contribution in [3.63, 3.8) is 0 Å². The number of aryl methyl sites for hydroxylation is 1. The number of rotatable bonds is 3. The van der Waals surface area contributed by atoms with Crippen LogP contribution in [0, 0.1) is 17.0 Å². The molecule has 0 saturated heterocycles. The third-order valence-electron chi connectivity index (χ3n) is 3.09. The maximum Gasteiger partial charge on any atom is 0.269 e. The number of oxazole rings is 1. The van der Waals surface area contributed by atoms with Gasteiger partial charge in [-0.1, -0.05) is 18.2 Å². The highest BCUT2D eigenvalue weighted by Gasteiger charge is 2.08. The van der Waals surface area contributed by atoms with E-state index >= 15 is 0 Å². The van der Waals surface area contributed by atoms with Gasteiger partial charge in [-0.2, -0.15) is 0 Å². The van der Waals surface area contributed by atoms with Gasteiger partial charge < -0.3 is 4.42 Å². The van der Waals surface area contributed by atoms with Gasteiger partial charge in [-0.25, -0.2) is 4.98 Å². The molecule has 0 unspecified atom stereocenters. The Kier molecular flexibility index (Phi) is 2.95. The molecule has 0 aliphatic carbocycles. The summed E-state index contributed by atoms with van der Waals surface area (Å²) in [4.78, 5) is 14.6. The average Bonchev–Trinajstić information content (AvgIpc) is 2.80. The van der Waals surface area contributed by atoms with Crippen molar-refractivity contribution >= 4 is 16.8 Å². The minimum atomic E-state index is -0.411. The van der Waals surface area contributed by atoms with Crippen LogP contribution in [0.3, 0.4) is 0 Å². The number of nitro groups is 1. The van der Waals surface area contributed by atoms with Crippen molar-refractivity contribution < 1.29 is 9.34 Å². The van der Waals surface area contributed by atoms with E-state index in [-0.39, 0.29) is 5.69 Å². The van der Waals surface area contributed by atoms with Gasteiger partial charge in [-0.05, 0) is 30.2 Å². The fraction of sp³-hybridized carbons (Fsp3) is 0.133. The first-order valence-electron chi connectivity index (χ1n) is 6.21. The van der Waals surface area contributed by atoms with Gasteiger partial charge >= 0.3 is 0 Å². The predicted octanol–water partition coefficient (Wildman–Crippen LogP) is 3.64. The Morgan fingerprint density at radius 3 is 2.65 bits per heavy atom. The minimum absolute atomic E-state index is 0.0851. The molecule has 0 saturated carbocycles. The van der Waals surface area contributed by atoms with Gasteiger partial charge in [0, 0.05) is 18.6 Å². The maximum absolute atomic E-state index is 10.6. The van der Waals surface area contributed by atoms with Crippen molar-refractivity contribution in [3.8, 4) is 0 Å². The first-order chi connectivity index (χ1) is 9.61. The van der Waals surface area contributed by atoms with E-state index in [0.717, 1.165) is 22.2 Å². The minimum Gasteiger partial charge on any atom is -0.440 e. The molecular formula is C15H12N2O3. The molecule has 1 heterocycles. The lowest BCUT2D eigenvalue weighted by molar-refractivity contribution is -0.384. The zero-order valence-electron chi connectivity index (χ0n) is 10.9. The number of fused-ring (bicyclic) bond motifs is 1. The summed E-state index contributed by atoms with van der Waals surface area (Å²) in [5.41, 5.74) is 3.74. The second kappa shape index (κ2) is 4.77. The molecule has 5 nitrogen and oxygen atoms in total. The number of non-ortho nitro benzene ring substituents is 1. The molecule has 3 aromatic rings. The summed E-state index contributed by atoms with van der Waals surface area (Å²) in [5.74, 6) is 0.611. The molecule has 0 aliphatic heterocycles. The molecule has 3 rings (SSSR count). The van der Waals surface area contributed by atoms with E-state index in [1.165, 1.54) is 12.1 Å². The van der Waals surface area contributed by atoms with Crippen molar-refractivity contribution in [1.82, 2.24) is 4.98 Å². The molecule has 0 aliphatic rings. The summed E-state index contributed by atoms with van der Waals surface area (Å²) in [6, 6.07) is 12.3. The molecular weight excluding hydrogens is 256 g/mol. The number of nitrogens with zero attached hydrogens (tertiary/aromatic N) is 2. The highest BCUT2D eigenvalue weighted by Crippen LogP contribution is 2.20. The van der Waals surface area contributed by atoms with Gasteiger partial charge in [0.15, 0.2) is 11.5 Å². The summed E-state index contributed by atoms with van der Waals surface area (Å²) >= 11 is 0. The van der Waals surface area contributed by atoms with Crippen LogP contribution in [0.5, 0.6) is 0 Å². The zero-order chi connectivity index (χ0) is 14.1. The lowest BCUT2D eigenvalue weighted by Gasteiger charge is -1.96. The van der Waals surface area contributed by atoms with Gasteiger partial charge in [0.2, 0.25) is 0 Å². The Labute approximate surface area is 115 Å². The molecule has 0 amide bonds. The van der Waals surface area contributed by atoms with E-state index in [0.29, 0.717) is 12.3 Å². The van der Waals surface area contributed by atoms with Crippen molar-refractivity contribution in [2.45, 2.75) is 13.3 Å². The molecule has 5 heteroatoms.